The molecule has 0 amide bonds. The minimum atomic E-state index is -0.742. The SMILES string of the molecule is OC1CC(C(O)OCc2ccccc2)C1. The van der Waals surface area contributed by atoms with Crippen LogP contribution in [0.3, 0.4) is 0 Å². The van der Waals surface area contributed by atoms with Crippen molar-refractivity contribution in [3.05, 3.63) is 35.9 Å². The number of aliphatic hydroxyl groups excluding tert-OH is 2. The van der Waals surface area contributed by atoms with Crippen LogP contribution in [0.5, 0.6) is 0 Å². The molecule has 0 heterocycles. The van der Waals surface area contributed by atoms with Crippen molar-refractivity contribution < 1.29 is 14.9 Å². The van der Waals surface area contributed by atoms with Gasteiger partial charge in [-0.2, -0.15) is 0 Å². The van der Waals surface area contributed by atoms with E-state index in [0.29, 0.717) is 19.4 Å². The standard InChI is InChI=1S/C12H16O3/c13-11-6-10(7-11)12(14)15-8-9-4-2-1-3-5-9/h1-5,10-14H,6-8H2. The van der Waals surface area contributed by atoms with Crippen LogP contribution in [0.1, 0.15) is 18.4 Å². The topological polar surface area (TPSA) is 49.7 Å². The van der Waals surface area contributed by atoms with Gasteiger partial charge < -0.3 is 14.9 Å². The smallest absolute Gasteiger partial charge is 0.157 e. The van der Waals surface area contributed by atoms with Crippen LogP contribution >= 0.6 is 0 Å². The van der Waals surface area contributed by atoms with Crippen LogP contribution < -0.4 is 0 Å². The lowest BCUT2D eigenvalue weighted by atomic mass is 9.82. The molecule has 1 fully saturated rings. The van der Waals surface area contributed by atoms with Crippen molar-refractivity contribution in [3.8, 4) is 0 Å². The highest BCUT2D eigenvalue weighted by Crippen LogP contribution is 2.30. The van der Waals surface area contributed by atoms with E-state index in [9.17, 15) is 5.11 Å². The van der Waals surface area contributed by atoms with Crippen LogP contribution in [0.4, 0.5) is 0 Å². The number of aliphatic hydroxyl groups is 2. The van der Waals surface area contributed by atoms with Crippen molar-refractivity contribution in [2.24, 2.45) is 5.92 Å². The van der Waals surface area contributed by atoms with E-state index in [1.165, 1.54) is 0 Å². The predicted octanol–water partition coefficient (Wildman–Crippen LogP) is 1.29. The van der Waals surface area contributed by atoms with E-state index in [0.717, 1.165) is 5.56 Å². The summed E-state index contributed by atoms with van der Waals surface area (Å²) in [5.41, 5.74) is 1.05. The number of hydrogen-bond acceptors (Lipinski definition) is 3. The molecule has 3 nitrogen and oxygen atoms in total. The van der Waals surface area contributed by atoms with Crippen molar-refractivity contribution in [1.29, 1.82) is 0 Å². The number of hydrogen-bond donors (Lipinski definition) is 2. The van der Waals surface area contributed by atoms with Crippen molar-refractivity contribution >= 4 is 0 Å². The van der Waals surface area contributed by atoms with Gasteiger partial charge in [0.2, 0.25) is 0 Å². The zero-order chi connectivity index (χ0) is 10.7. The van der Waals surface area contributed by atoms with Crippen molar-refractivity contribution in [2.45, 2.75) is 31.8 Å². The maximum absolute atomic E-state index is 9.61. The van der Waals surface area contributed by atoms with Crippen LogP contribution in [0, 0.1) is 5.92 Å². The van der Waals surface area contributed by atoms with Gasteiger partial charge in [-0.1, -0.05) is 30.3 Å². The second kappa shape index (κ2) is 4.75. The minimum Gasteiger partial charge on any atom is -0.393 e. The van der Waals surface area contributed by atoms with Gasteiger partial charge >= 0.3 is 0 Å². The highest BCUT2D eigenvalue weighted by molar-refractivity contribution is 5.13. The molecule has 1 aromatic rings. The van der Waals surface area contributed by atoms with Crippen molar-refractivity contribution in [2.75, 3.05) is 0 Å². The highest BCUT2D eigenvalue weighted by Gasteiger charge is 2.33. The Morgan fingerprint density at radius 2 is 1.93 bits per heavy atom. The molecule has 1 unspecified atom stereocenters. The Bertz CT molecular complexity index is 293. The van der Waals surface area contributed by atoms with E-state index in [2.05, 4.69) is 0 Å². The van der Waals surface area contributed by atoms with Crippen LogP contribution in [-0.2, 0) is 11.3 Å². The Labute approximate surface area is 89.3 Å². The van der Waals surface area contributed by atoms with Crippen LogP contribution in [-0.4, -0.2) is 22.6 Å². The Morgan fingerprint density at radius 3 is 2.53 bits per heavy atom. The first-order chi connectivity index (χ1) is 7.25. The van der Waals surface area contributed by atoms with Crippen molar-refractivity contribution in [1.82, 2.24) is 0 Å². The molecule has 1 aliphatic carbocycles. The van der Waals surface area contributed by atoms with Gasteiger partial charge in [0.25, 0.3) is 0 Å². The zero-order valence-electron chi connectivity index (χ0n) is 8.54. The zero-order valence-corrected chi connectivity index (χ0v) is 8.54. The molecule has 0 spiro atoms. The molecular weight excluding hydrogens is 192 g/mol. The number of ether oxygens (including phenoxy) is 1. The summed E-state index contributed by atoms with van der Waals surface area (Å²) in [6.45, 7) is 0.425. The molecule has 1 atom stereocenters. The summed E-state index contributed by atoms with van der Waals surface area (Å²) in [6, 6.07) is 9.75. The van der Waals surface area contributed by atoms with E-state index in [1.807, 2.05) is 30.3 Å². The summed E-state index contributed by atoms with van der Waals surface area (Å²) >= 11 is 0. The summed E-state index contributed by atoms with van der Waals surface area (Å²) in [5.74, 6) is 0.101. The van der Waals surface area contributed by atoms with Gasteiger partial charge in [0.05, 0.1) is 12.7 Å². The monoisotopic (exact) mass is 208 g/mol. The first-order valence-electron chi connectivity index (χ1n) is 5.27. The maximum Gasteiger partial charge on any atom is 0.157 e. The predicted molar refractivity (Wildman–Crippen MR) is 56.0 cm³/mol. The van der Waals surface area contributed by atoms with Gasteiger partial charge in [-0.3, -0.25) is 0 Å². The average Bonchev–Trinajstić information content (AvgIpc) is 2.23. The third-order valence-electron chi connectivity index (χ3n) is 2.82. The lowest BCUT2D eigenvalue weighted by Gasteiger charge is -2.34. The van der Waals surface area contributed by atoms with E-state index in [-0.39, 0.29) is 12.0 Å². The molecule has 15 heavy (non-hydrogen) atoms. The minimum absolute atomic E-state index is 0.101. The summed E-state index contributed by atoms with van der Waals surface area (Å²) in [5, 5.41) is 18.7. The Kier molecular flexibility index (Phi) is 3.36. The number of rotatable bonds is 4. The first kappa shape index (κ1) is 10.6. The van der Waals surface area contributed by atoms with Crippen LogP contribution in [0.2, 0.25) is 0 Å². The molecule has 3 heteroatoms. The Hall–Kier alpha value is -0.900. The molecule has 82 valence electrons. The van der Waals surface area contributed by atoms with Gasteiger partial charge in [-0.05, 0) is 18.4 Å². The lowest BCUT2D eigenvalue weighted by Crippen LogP contribution is -2.38. The summed E-state index contributed by atoms with van der Waals surface area (Å²) in [4.78, 5) is 0. The third kappa shape index (κ3) is 2.78. The second-order valence-electron chi connectivity index (χ2n) is 4.07. The summed E-state index contributed by atoms with van der Waals surface area (Å²) in [7, 11) is 0. The Balaban J connectivity index is 1.74. The maximum atomic E-state index is 9.61. The van der Waals surface area contributed by atoms with E-state index in [1.54, 1.807) is 0 Å². The summed E-state index contributed by atoms with van der Waals surface area (Å²) in [6.07, 6.45) is 0.310. The third-order valence-corrected chi connectivity index (χ3v) is 2.82. The van der Waals surface area contributed by atoms with Gasteiger partial charge in [0.15, 0.2) is 6.29 Å². The molecule has 2 rings (SSSR count). The van der Waals surface area contributed by atoms with E-state index >= 15 is 0 Å². The first-order valence-corrected chi connectivity index (χ1v) is 5.27. The van der Waals surface area contributed by atoms with Gasteiger partial charge in [-0.15, -0.1) is 0 Å². The van der Waals surface area contributed by atoms with Gasteiger partial charge in [0.1, 0.15) is 0 Å². The second-order valence-corrected chi connectivity index (χ2v) is 4.07. The molecule has 2 N–H and O–H groups in total. The Morgan fingerprint density at radius 1 is 1.27 bits per heavy atom. The van der Waals surface area contributed by atoms with E-state index in [4.69, 9.17) is 9.84 Å². The molecule has 0 aromatic heterocycles. The molecule has 0 aliphatic heterocycles. The van der Waals surface area contributed by atoms with Gasteiger partial charge in [0, 0.05) is 5.92 Å². The quantitative estimate of drug-likeness (QED) is 0.733. The fraction of sp³-hybridized carbons (Fsp3) is 0.500. The molecular formula is C12H16O3. The van der Waals surface area contributed by atoms with Gasteiger partial charge in [-0.25, -0.2) is 0 Å². The molecule has 1 aliphatic rings. The van der Waals surface area contributed by atoms with Crippen LogP contribution in [0.15, 0.2) is 30.3 Å². The lowest BCUT2D eigenvalue weighted by molar-refractivity contribution is -0.177. The largest absolute Gasteiger partial charge is 0.393 e. The highest BCUT2D eigenvalue weighted by atomic mass is 16.6. The molecule has 1 saturated carbocycles. The fourth-order valence-electron chi connectivity index (χ4n) is 1.75. The average molecular weight is 208 g/mol. The van der Waals surface area contributed by atoms with Crippen molar-refractivity contribution in [3.63, 3.8) is 0 Å². The molecule has 0 radical (unpaired) electrons. The normalized spacial score (nSPS) is 27.1. The summed E-state index contributed by atoms with van der Waals surface area (Å²) < 4.78 is 5.32. The fourth-order valence-corrected chi connectivity index (χ4v) is 1.75. The molecule has 0 bridgehead atoms. The number of benzene rings is 1. The van der Waals surface area contributed by atoms with Crippen LogP contribution in [0.25, 0.3) is 0 Å². The molecule has 1 aromatic carbocycles. The van der Waals surface area contributed by atoms with E-state index < -0.39 is 6.29 Å². The molecule has 0 saturated heterocycles.